The first-order chi connectivity index (χ1) is 16.4. The Morgan fingerprint density at radius 2 is 1.74 bits per heavy atom. The van der Waals surface area contributed by atoms with Crippen LogP contribution in [0.25, 0.3) is 5.57 Å². The fourth-order valence-electron chi connectivity index (χ4n) is 4.67. The molecule has 198 valence electrons. The lowest BCUT2D eigenvalue weighted by molar-refractivity contribution is 0.268. The summed E-state index contributed by atoms with van der Waals surface area (Å²) in [4.78, 5) is 2.67. The van der Waals surface area contributed by atoms with E-state index >= 15 is 0 Å². The Morgan fingerprint density at radius 1 is 1.09 bits per heavy atom. The molecule has 3 nitrogen and oxygen atoms in total. The van der Waals surface area contributed by atoms with Gasteiger partial charge in [-0.1, -0.05) is 100.0 Å². The molecule has 0 aliphatic carbocycles. The van der Waals surface area contributed by atoms with Crippen LogP contribution in [0.5, 0.6) is 0 Å². The summed E-state index contributed by atoms with van der Waals surface area (Å²) in [5.41, 5.74) is 1.30. The Labute approximate surface area is 213 Å². The molecule has 0 amide bonds. The van der Waals surface area contributed by atoms with E-state index in [2.05, 4.69) is 57.5 Å². The van der Waals surface area contributed by atoms with Crippen LogP contribution >= 0.6 is 0 Å². The van der Waals surface area contributed by atoms with Crippen LogP contribution in [-0.4, -0.2) is 23.5 Å². The van der Waals surface area contributed by atoms with E-state index < -0.39 is 0 Å². The number of furan rings is 1. The van der Waals surface area contributed by atoms with Gasteiger partial charge in [0.1, 0.15) is 5.76 Å². The molecule has 3 heteroatoms. The van der Waals surface area contributed by atoms with Crippen LogP contribution in [0.3, 0.4) is 0 Å². The zero-order chi connectivity index (χ0) is 25.8. The third-order valence-corrected chi connectivity index (χ3v) is 6.67. The van der Waals surface area contributed by atoms with Crippen molar-refractivity contribution in [2.24, 2.45) is 5.92 Å². The van der Waals surface area contributed by atoms with Crippen molar-refractivity contribution < 1.29 is 4.42 Å². The lowest BCUT2D eigenvalue weighted by Gasteiger charge is -2.29. The van der Waals surface area contributed by atoms with Gasteiger partial charge in [0, 0.05) is 13.1 Å². The molecule has 1 aliphatic rings. The predicted molar refractivity (Wildman–Crippen MR) is 153 cm³/mol. The number of nitrogens with one attached hydrogen (secondary N) is 1. The smallest absolute Gasteiger partial charge is 0.128 e. The van der Waals surface area contributed by atoms with Gasteiger partial charge in [0.25, 0.3) is 0 Å². The van der Waals surface area contributed by atoms with Crippen LogP contribution < -0.4 is 5.32 Å². The third kappa shape index (κ3) is 12.2. The van der Waals surface area contributed by atoms with Crippen LogP contribution in [0.4, 0.5) is 0 Å². The highest BCUT2D eigenvalue weighted by Crippen LogP contribution is 2.32. The second-order valence-electron chi connectivity index (χ2n) is 9.64. The topological polar surface area (TPSA) is 28.4 Å². The fraction of sp³-hybridized carbons (Fsp3) is 0.742. The molecule has 0 aromatic carbocycles. The number of allylic oxidation sites excluding steroid dienone is 2. The largest absolute Gasteiger partial charge is 0.465 e. The number of hydrogen-bond acceptors (Lipinski definition) is 3. The van der Waals surface area contributed by atoms with Gasteiger partial charge < -0.3 is 14.6 Å². The maximum absolute atomic E-state index is 5.00. The monoisotopic (exact) mass is 474 g/mol. The Bertz CT molecular complexity index is 624. The number of hydrogen-bond donors (Lipinski definition) is 1. The molecule has 2 rings (SSSR count). The van der Waals surface area contributed by atoms with E-state index in [4.69, 9.17) is 4.42 Å². The molecule has 1 atom stereocenters. The maximum Gasteiger partial charge on any atom is 0.128 e. The van der Waals surface area contributed by atoms with Crippen molar-refractivity contribution in [3.8, 4) is 0 Å². The average Bonchev–Trinajstić information content (AvgIpc) is 3.51. The highest BCUT2D eigenvalue weighted by atomic mass is 16.3. The molecule has 2 heterocycles. The van der Waals surface area contributed by atoms with E-state index in [1.165, 1.54) is 83.1 Å². The van der Waals surface area contributed by atoms with E-state index in [1.807, 2.05) is 32.9 Å². The van der Waals surface area contributed by atoms with E-state index in [9.17, 15) is 0 Å². The molecule has 1 N–H and O–H groups in total. The number of rotatable bonds is 14. The van der Waals surface area contributed by atoms with Crippen molar-refractivity contribution in [3.63, 3.8) is 0 Å². The minimum absolute atomic E-state index is 0.333. The van der Waals surface area contributed by atoms with Crippen LogP contribution in [0.2, 0.25) is 0 Å². The second-order valence-corrected chi connectivity index (χ2v) is 9.64. The summed E-state index contributed by atoms with van der Waals surface area (Å²) in [6.07, 6.45) is 18.5. The standard InChI is InChI=1S/C22H44N2.C7H8O.C2H6/c1-6-11-16-22(17-12-7-2)19-24(21(23-22)14-9-4)18-15-20(10-5)13-8-3;1-6(2)7-4-3-5-8-7;1-2/h14,20,23H,6-13,15-19H2,1-5H3;3-5H,1H2,2H3;1-2H3/b21-14-;;. The Kier molecular flexibility index (Phi) is 18.7. The van der Waals surface area contributed by atoms with Crippen molar-refractivity contribution >= 4 is 5.57 Å². The first kappa shape index (κ1) is 32.4. The molecule has 1 fully saturated rings. The molecule has 1 aromatic rings. The van der Waals surface area contributed by atoms with E-state index in [0.29, 0.717) is 5.54 Å². The normalized spacial score (nSPS) is 16.2. The van der Waals surface area contributed by atoms with Crippen molar-refractivity contribution in [3.05, 3.63) is 42.6 Å². The maximum atomic E-state index is 5.00. The van der Waals surface area contributed by atoms with Gasteiger partial charge in [-0.3, -0.25) is 0 Å². The molecule has 34 heavy (non-hydrogen) atoms. The zero-order valence-corrected chi connectivity index (χ0v) is 24.1. The lowest BCUT2D eigenvalue weighted by atomic mass is 9.87. The van der Waals surface area contributed by atoms with Gasteiger partial charge >= 0.3 is 0 Å². The van der Waals surface area contributed by atoms with Gasteiger partial charge in [0.05, 0.1) is 17.6 Å². The SMILES string of the molecule is C=C(C)c1ccco1.CC.CC/C=C1/NC(CCCC)(CCCC)CN1CCC(CC)CCC. The summed E-state index contributed by atoms with van der Waals surface area (Å²) >= 11 is 0. The van der Waals surface area contributed by atoms with Crippen LogP contribution in [0.15, 0.2) is 41.3 Å². The summed E-state index contributed by atoms with van der Waals surface area (Å²) < 4.78 is 5.00. The van der Waals surface area contributed by atoms with Crippen molar-refractivity contribution in [2.45, 2.75) is 132 Å². The quantitative estimate of drug-likeness (QED) is 0.291. The lowest BCUT2D eigenvalue weighted by Crippen LogP contribution is -2.42. The third-order valence-electron chi connectivity index (χ3n) is 6.67. The first-order valence-corrected chi connectivity index (χ1v) is 14.4. The molecule has 1 saturated heterocycles. The summed E-state index contributed by atoms with van der Waals surface area (Å²) in [6.45, 7) is 23.7. The van der Waals surface area contributed by atoms with Gasteiger partial charge in [-0.25, -0.2) is 0 Å². The Balaban J connectivity index is 0.000000904. The van der Waals surface area contributed by atoms with Gasteiger partial charge in [0.15, 0.2) is 0 Å². The molecule has 0 saturated carbocycles. The number of nitrogens with zero attached hydrogens (tertiary/aromatic N) is 1. The van der Waals surface area contributed by atoms with Gasteiger partial charge in [-0.2, -0.15) is 0 Å². The molecule has 1 unspecified atom stereocenters. The van der Waals surface area contributed by atoms with Crippen LogP contribution in [0, 0.1) is 5.92 Å². The fourth-order valence-corrected chi connectivity index (χ4v) is 4.67. The highest BCUT2D eigenvalue weighted by Gasteiger charge is 2.38. The molecular formula is C31H58N2O. The summed E-state index contributed by atoms with van der Waals surface area (Å²) in [7, 11) is 0. The summed E-state index contributed by atoms with van der Waals surface area (Å²) in [6, 6.07) is 3.74. The highest BCUT2D eigenvalue weighted by molar-refractivity contribution is 5.55. The molecule has 1 aromatic heterocycles. The Morgan fingerprint density at radius 3 is 2.15 bits per heavy atom. The van der Waals surface area contributed by atoms with Gasteiger partial charge in [-0.15, -0.1) is 0 Å². The van der Waals surface area contributed by atoms with E-state index in [-0.39, 0.29) is 0 Å². The van der Waals surface area contributed by atoms with E-state index in [0.717, 1.165) is 23.7 Å². The summed E-state index contributed by atoms with van der Waals surface area (Å²) in [5, 5.41) is 3.99. The van der Waals surface area contributed by atoms with Crippen LogP contribution in [0.1, 0.15) is 132 Å². The minimum Gasteiger partial charge on any atom is -0.465 e. The van der Waals surface area contributed by atoms with E-state index in [1.54, 1.807) is 6.26 Å². The van der Waals surface area contributed by atoms with Crippen molar-refractivity contribution in [2.75, 3.05) is 13.1 Å². The van der Waals surface area contributed by atoms with Gasteiger partial charge in [-0.05, 0) is 62.3 Å². The molecule has 0 bridgehead atoms. The van der Waals surface area contributed by atoms with Crippen LogP contribution in [-0.2, 0) is 0 Å². The molecule has 1 aliphatic heterocycles. The molecule has 0 radical (unpaired) electrons. The Hall–Kier alpha value is -1.64. The molecular weight excluding hydrogens is 416 g/mol. The number of unbranched alkanes of at least 4 members (excludes halogenated alkanes) is 2. The predicted octanol–water partition coefficient (Wildman–Crippen LogP) is 9.82. The first-order valence-electron chi connectivity index (χ1n) is 14.4. The van der Waals surface area contributed by atoms with Crippen molar-refractivity contribution in [1.82, 2.24) is 10.2 Å². The van der Waals surface area contributed by atoms with Crippen molar-refractivity contribution in [1.29, 1.82) is 0 Å². The zero-order valence-electron chi connectivity index (χ0n) is 24.1. The molecule has 0 spiro atoms. The minimum atomic E-state index is 0.333. The summed E-state index contributed by atoms with van der Waals surface area (Å²) in [5.74, 6) is 3.19. The average molecular weight is 475 g/mol. The van der Waals surface area contributed by atoms with Gasteiger partial charge in [0.2, 0.25) is 0 Å². The second kappa shape index (κ2) is 19.6.